The molecule has 0 aromatic rings. The number of carbonyl (C=O) groups is 1. The van der Waals surface area contributed by atoms with Crippen molar-refractivity contribution in [1.82, 2.24) is 0 Å². The molecule has 5 N–H and O–H groups in total. The second kappa shape index (κ2) is 15.2. The van der Waals surface area contributed by atoms with E-state index >= 15 is 0 Å². The number of aliphatic carboxylic acids is 1. The number of rotatable bonds is 8. The van der Waals surface area contributed by atoms with Gasteiger partial charge in [-0.2, -0.15) is 0 Å². The van der Waals surface area contributed by atoms with Crippen molar-refractivity contribution in [3.63, 3.8) is 0 Å². The summed E-state index contributed by atoms with van der Waals surface area (Å²) in [4.78, 5) is 11.0. The number of ether oxygens (including phenoxy) is 3. The SMILES string of the molecule is N[C@H]1C(O)O[C@H](COS(=O)(=O)[O-])[C@@H](O[C@@H]2OC(C(=O)[O-])=C[C@H](O)[C@H]2OS(=O)(=O)[O-])[C@@H]1O.[Na+].[Na+].[Na+]. The molecule has 0 bridgehead atoms. The molecule has 0 aromatic heterocycles. The maximum Gasteiger partial charge on any atom is 1.00 e. The number of hydrogen-bond donors (Lipinski definition) is 4. The summed E-state index contributed by atoms with van der Waals surface area (Å²) in [5, 5.41) is 40.9. The van der Waals surface area contributed by atoms with Crippen molar-refractivity contribution in [2.45, 2.75) is 49.1 Å². The molecule has 1 fully saturated rings. The second-order valence-corrected chi connectivity index (χ2v) is 8.25. The van der Waals surface area contributed by atoms with E-state index in [0.717, 1.165) is 0 Å². The van der Waals surface area contributed by atoms with Crippen LogP contribution in [-0.4, -0.2) is 103 Å². The van der Waals surface area contributed by atoms with Crippen LogP contribution >= 0.6 is 0 Å². The number of nitrogens with two attached hydrogens (primary N) is 1. The molecule has 2 aliphatic rings. The minimum Gasteiger partial charge on any atom is -0.726 e. The van der Waals surface area contributed by atoms with E-state index in [4.69, 9.17) is 19.9 Å². The summed E-state index contributed by atoms with van der Waals surface area (Å²) in [5.74, 6) is -3.08. The summed E-state index contributed by atoms with van der Waals surface area (Å²) in [6, 6.07) is -1.61. The molecule has 2 aliphatic heterocycles. The monoisotopic (exact) mass is 563 g/mol. The van der Waals surface area contributed by atoms with E-state index < -0.39 is 88.3 Å². The fraction of sp³-hybridized carbons (Fsp3) is 0.750. The Balaban J connectivity index is 0. The molecule has 2 rings (SSSR count). The Hall–Kier alpha value is 1.51. The third-order valence-electron chi connectivity index (χ3n) is 4.01. The van der Waals surface area contributed by atoms with Crippen LogP contribution in [0, 0.1) is 0 Å². The van der Waals surface area contributed by atoms with Gasteiger partial charge in [0.05, 0.1) is 12.6 Å². The minimum absolute atomic E-state index is 0. The molecule has 0 radical (unpaired) electrons. The van der Waals surface area contributed by atoms with Crippen molar-refractivity contribution >= 4 is 26.8 Å². The molecule has 0 aliphatic carbocycles. The normalized spacial score (nSPS) is 33.8. The van der Waals surface area contributed by atoms with Crippen LogP contribution in [0.25, 0.3) is 0 Å². The van der Waals surface area contributed by atoms with Crippen LogP contribution in [-0.2, 0) is 48.2 Å². The predicted octanol–water partition coefficient (Wildman–Crippen LogP) is -15.5. The smallest absolute Gasteiger partial charge is 0.726 e. The second-order valence-electron chi connectivity index (χ2n) is 6.19. The van der Waals surface area contributed by atoms with Gasteiger partial charge in [-0.3, -0.25) is 8.37 Å². The zero-order valence-corrected chi connectivity index (χ0v) is 25.6. The molecule has 0 spiro atoms. The van der Waals surface area contributed by atoms with Gasteiger partial charge >= 0.3 is 88.7 Å². The number of carboxylic acid groups (broad SMARTS) is 1. The fourth-order valence-electron chi connectivity index (χ4n) is 2.66. The van der Waals surface area contributed by atoms with Gasteiger partial charge in [0.1, 0.15) is 36.1 Å². The van der Waals surface area contributed by atoms with Crippen molar-refractivity contribution in [2.75, 3.05) is 6.61 Å². The summed E-state index contributed by atoms with van der Waals surface area (Å²) < 4.78 is 87.8. The van der Waals surface area contributed by atoms with E-state index in [1.807, 2.05) is 0 Å². The average molecular weight is 563 g/mol. The summed E-state index contributed by atoms with van der Waals surface area (Å²) in [7, 11) is -10.8. The van der Waals surface area contributed by atoms with Crippen LogP contribution in [0.15, 0.2) is 11.8 Å². The number of aliphatic hydroxyl groups excluding tert-OH is 3. The zero-order valence-electron chi connectivity index (χ0n) is 17.9. The van der Waals surface area contributed by atoms with Crippen molar-refractivity contribution < 1.29 is 162 Å². The molecule has 34 heavy (non-hydrogen) atoms. The first-order valence-corrected chi connectivity index (χ1v) is 10.7. The summed E-state index contributed by atoms with van der Waals surface area (Å²) in [6.45, 7) is -1.15. The van der Waals surface area contributed by atoms with E-state index in [9.17, 15) is 51.2 Å². The van der Waals surface area contributed by atoms with Gasteiger partial charge in [0.15, 0.2) is 12.4 Å². The first-order chi connectivity index (χ1) is 14.1. The third kappa shape index (κ3) is 11.1. The van der Waals surface area contributed by atoms with Crippen LogP contribution in [0.5, 0.6) is 0 Å². The molecule has 1 unspecified atom stereocenters. The van der Waals surface area contributed by atoms with Gasteiger partial charge in [0, 0.05) is 0 Å². The Bertz CT molecular complexity index is 916. The zero-order chi connectivity index (χ0) is 23.7. The first kappa shape index (κ1) is 37.7. The Labute approximate surface area is 259 Å². The maximum absolute atomic E-state index is 11.0. The quantitative estimate of drug-likeness (QED) is 0.121. The molecule has 0 amide bonds. The molecule has 1 saturated heterocycles. The van der Waals surface area contributed by atoms with E-state index in [0.29, 0.717) is 6.08 Å². The molecule has 2 heterocycles. The van der Waals surface area contributed by atoms with Gasteiger partial charge in [0.25, 0.3) is 0 Å². The van der Waals surface area contributed by atoms with E-state index in [1.54, 1.807) is 0 Å². The molecule has 0 aromatic carbocycles. The first-order valence-electron chi connectivity index (χ1n) is 8.04. The average Bonchev–Trinajstić information content (AvgIpc) is 2.61. The van der Waals surface area contributed by atoms with Crippen molar-refractivity contribution in [3.8, 4) is 0 Å². The van der Waals surface area contributed by atoms with Crippen LogP contribution in [0.1, 0.15) is 0 Å². The summed E-state index contributed by atoms with van der Waals surface area (Å²) in [6.07, 6.45) is -13.7. The predicted molar refractivity (Wildman–Crippen MR) is 83.9 cm³/mol. The molecule has 17 nitrogen and oxygen atoms in total. The standard InChI is InChI=1S/C12H19NO16S2.3Na/c13-6-7(15)9(5(26-11(6)18)2-25-30(19,20)21)28-12-8(29-31(22,23)24)3(14)1-4(27-12)10(16)17;;;/h1,3,5-9,11-12,14-15,18H,2,13H2,(H,16,17)(H,19,20,21)(H,22,23,24);;;/q;3*+1/p-3/t3-,5+,6+,7+,8+,9+,11?,12-;;;/m0.../s1. The Morgan fingerprint density at radius 2 is 1.62 bits per heavy atom. The molecule has 22 heteroatoms. The molecule has 180 valence electrons. The summed E-state index contributed by atoms with van der Waals surface area (Å²) >= 11 is 0. The fourth-order valence-corrected chi connectivity index (χ4v) is 3.44. The van der Waals surface area contributed by atoms with Gasteiger partial charge in [0.2, 0.25) is 27.1 Å². The molecule has 8 atom stereocenters. The minimum atomic E-state index is -5.51. The van der Waals surface area contributed by atoms with E-state index in [1.165, 1.54) is 0 Å². The Morgan fingerprint density at radius 3 is 2.09 bits per heavy atom. The van der Waals surface area contributed by atoms with Crippen LogP contribution in [0.3, 0.4) is 0 Å². The van der Waals surface area contributed by atoms with Gasteiger partial charge in [-0.05, 0) is 6.08 Å². The van der Waals surface area contributed by atoms with Crippen LogP contribution < -0.4 is 99.5 Å². The third-order valence-corrected chi connectivity index (χ3v) is 4.89. The number of carboxylic acids is 1. The van der Waals surface area contributed by atoms with Crippen molar-refractivity contribution in [2.24, 2.45) is 5.73 Å². The topological polar surface area (TPSA) is 287 Å². The molecular weight excluding hydrogens is 547 g/mol. The molecular formula is C12H16NNa3O16S2. The van der Waals surface area contributed by atoms with Crippen LogP contribution in [0.2, 0.25) is 0 Å². The number of carbonyl (C=O) groups excluding carboxylic acids is 1. The number of aliphatic hydroxyl groups is 3. The maximum atomic E-state index is 11.0. The van der Waals surface area contributed by atoms with Gasteiger partial charge < -0.3 is 54.3 Å². The Kier molecular flexibility index (Phi) is 16.8. The van der Waals surface area contributed by atoms with Gasteiger partial charge in [-0.25, -0.2) is 16.8 Å². The van der Waals surface area contributed by atoms with Gasteiger partial charge in [-0.15, -0.1) is 0 Å². The van der Waals surface area contributed by atoms with Gasteiger partial charge in [-0.1, -0.05) is 0 Å². The largest absolute Gasteiger partial charge is 1.00 e. The van der Waals surface area contributed by atoms with E-state index in [2.05, 4.69) is 8.37 Å². The summed E-state index contributed by atoms with van der Waals surface area (Å²) in [5.41, 5.74) is 5.49. The molecule has 0 saturated carbocycles. The number of hydrogen-bond acceptors (Lipinski definition) is 17. The Morgan fingerprint density at radius 1 is 1.06 bits per heavy atom. The van der Waals surface area contributed by atoms with Crippen molar-refractivity contribution in [3.05, 3.63) is 11.8 Å². The van der Waals surface area contributed by atoms with Crippen molar-refractivity contribution in [1.29, 1.82) is 0 Å². The van der Waals surface area contributed by atoms with Crippen LogP contribution in [0.4, 0.5) is 0 Å². The van der Waals surface area contributed by atoms with E-state index in [-0.39, 0.29) is 88.7 Å².